The van der Waals surface area contributed by atoms with Crippen LogP contribution >= 0.6 is 0 Å². The minimum atomic E-state index is 0.879. The molecule has 0 aromatic heterocycles. The van der Waals surface area contributed by atoms with Gasteiger partial charge in [-0.2, -0.15) is 0 Å². The lowest BCUT2D eigenvalue weighted by molar-refractivity contribution is 0.949. The molecule has 0 unspecified atom stereocenters. The summed E-state index contributed by atoms with van der Waals surface area (Å²) in [4.78, 5) is 2.48. The first kappa shape index (κ1) is 14.0. The second-order valence-corrected chi connectivity index (χ2v) is 6.03. The summed E-state index contributed by atoms with van der Waals surface area (Å²) >= 11 is 0. The Bertz CT molecular complexity index is 595. The summed E-state index contributed by atoms with van der Waals surface area (Å²) in [5.41, 5.74) is 6.56. The predicted molar refractivity (Wildman–Crippen MR) is 91.1 cm³/mol. The third-order valence-corrected chi connectivity index (χ3v) is 4.28. The molecule has 3 rings (SSSR count). The molecule has 2 aromatic rings. The van der Waals surface area contributed by atoms with Gasteiger partial charge in [-0.15, -0.1) is 0 Å². The highest BCUT2D eigenvalue weighted by atomic mass is 15.1. The zero-order valence-corrected chi connectivity index (χ0v) is 13.0. The molecule has 1 aliphatic heterocycles. The van der Waals surface area contributed by atoms with Gasteiger partial charge in [0, 0.05) is 31.0 Å². The van der Waals surface area contributed by atoms with Crippen molar-refractivity contribution in [3.8, 4) is 0 Å². The molecule has 110 valence electrons. The predicted octanol–water partition coefficient (Wildman–Crippen LogP) is 4.52. The number of anilines is 2. The van der Waals surface area contributed by atoms with Gasteiger partial charge < -0.3 is 10.2 Å². The van der Waals surface area contributed by atoms with Crippen molar-refractivity contribution in [3.63, 3.8) is 0 Å². The van der Waals surface area contributed by atoms with Crippen LogP contribution in [0.3, 0.4) is 0 Å². The van der Waals surface area contributed by atoms with Crippen molar-refractivity contribution in [1.82, 2.24) is 0 Å². The van der Waals surface area contributed by atoms with Gasteiger partial charge >= 0.3 is 0 Å². The summed E-state index contributed by atoms with van der Waals surface area (Å²) in [6.45, 7) is 7.60. The molecule has 0 aliphatic carbocycles. The SMILES string of the molecule is Cc1ccc(CNc2ccc(N3CCCC3)cc2C)cc1. The summed E-state index contributed by atoms with van der Waals surface area (Å²) in [5.74, 6) is 0. The molecule has 1 fully saturated rings. The lowest BCUT2D eigenvalue weighted by Gasteiger charge is -2.19. The molecule has 0 atom stereocenters. The summed E-state index contributed by atoms with van der Waals surface area (Å²) < 4.78 is 0. The van der Waals surface area contributed by atoms with Crippen LogP contribution in [0.5, 0.6) is 0 Å². The van der Waals surface area contributed by atoms with Crippen molar-refractivity contribution in [2.24, 2.45) is 0 Å². The molecule has 0 amide bonds. The molecule has 1 aliphatic rings. The van der Waals surface area contributed by atoms with Gasteiger partial charge in [-0.25, -0.2) is 0 Å². The molecule has 2 nitrogen and oxygen atoms in total. The molecule has 1 N–H and O–H groups in total. The number of nitrogens with zero attached hydrogens (tertiary/aromatic N) is 1. The standard InChI is InChI=1S/C19H24N2/c1-15-5-7-17(8-6-15)14-20-19-10-9-18(13-16(19)2)21-11-3-4-12-21/h5-10,13,20H,3-4,11-12,14H2,1-2H3. The van der Waals surface area contributed by atoms with Crippen LogP contribution in [-0.4, -0.2) is 13.1 Å². The first-order valence-electron chi connectivity index (χ1n) is 7.87. The van der Waals surface area contributed by atoms with Crippen LogP contribution in [0.4, 0.5) is 11.4 Å². The van der Waals surface area contributed by atoms with E-state index in [1.807, 2.05) is 0 Å². The minimum Gasteiger partial charge on any atom is -0.381 e. The third kappa shape index (κ3) is 3.38. The Balaban J connectivity index is 1.66. The van der Waals surface area contributed by atoms with Gasteiger partial charge in [0.1, 0.15) is 0 Å². The normalized spacial score (nSPS) is 14.5. The Hall–Kier alpha value is -1.96. The number of aryl methyl sites for hydroxylation is 2. The third-order valence-electron chi connectivity index (χ3n) is 4.28. The maximum absolute atomic E-state index is 3.55. The van der Waals surface area contributed by atoms with E-state index in [0.717, 1.165) is 6.54 Å². The van der Waals surface area contributed by atoms with Crippen LogP contribution in [0, 0.1) is 13.8 Å². The first-order valence-corrected chi connectivity index (χ1v) is 7.87. The second kappa shape index (κ2) is 6.21. The fourth-order valence-electron chi connectivity index (χ4n) is 2.92. The zero-order valence-electron chi connectivity index (χ0n) is 13.0. The van der Waals surface area contributed by atoms with E-state index in [2.05, 4.69) is 66.5 Å². The molecule has 2 aromatic carbocycles. The number of rotatable bonds is 4. The number of benzene rings is 2. The molecule has 21 heavy (non-hydrogen) atoms. The van der Waals surface area contributed by atoms with Crippen LogP contribution in [-0.2, 0) is 6.54 Å². The van der Waals surface area contributed by atoms with Crippen LogP contribution in [0.2, 0.25) is 0 Å². The number of hydrogen-bond donors (Lipinski definition) is 1. The lowest BCUT2D eigenvalue weighted by atomic mass is 10.1. The quantitative estimate of drug-likeness (QED) is 0.886. The molecular weight excluding hydrogens is 256 g/mol. The summed E-state index contributed by atoms with van der Waals surface area (Å²) in [7, 11) is 0. The van der Waals surface area contributed by atoms with Gasteiger partial charge in [0.15, 0.2) is 0 Å². The fraction of sp³-hybridized carbons (Fsp3) is 0.368. The van der Waals surface area contributed by atoms with Gasteiger partial charge in [-0.3, -0.25) is 0 Å². The molecule has 0 radical (unpaired) electrons. The topological polar surface area (TPSA) is 15.3 Å². The Morgan fingerprint density at radius 1 is 0.952 bits per heavy atom. The smallest absolute Gasteiger partial charge is 0.0400 e. The maximum atomic E-state index is 3.55. The van der Waals surface area contributed by atoms with E-state index >= 15 is 0 Å². The van der Waals surface area contributed by atoms with E-state index in [1.54, 1.807) is 0 Å². The van der Waals surface area contributed by atoms with E-state index in [0.29, 0.717) is 0 Å². The maximum Gasteiger partial charge on any atom is 0.0400 e. The Morgan fingerprint density at radius 3 is 2.33 bits per heavy atom. The van der Waals surface area contributed by atoms with E-state index in [1.165, 1.54) is 54.0 Å². The molecular formula is C19H24N2. The van der Waals surface area contributed by atoms with Crippen LogP contribution in [0.25, 0.3) is 0 Å². The molecule has 0 saturated carbocycles. The van der Waals surface area contributed by atoms with Gasteiger partial charge in [-0.05, 0) is 56.0 Å². The van der Waals surface area contributed by atoms with E-state index in [9.17, 15) is 0 Å². The molecule has 0 spiro atoms. The fourth-order valence-corrected chi connectivity index (χ4v) is 2.92. The van der Waals surface area contributed by atoms with Crippen molar-refractivity contribution in [3.05, 3.63) is 59.2 Å². The Morgan fingerprint density at radius 2 is 1.67 bits per heavy atom. The molecule has 2 heteroatoms. The highest BCUT2D eigenvalue weighted by molar-refractivity contribution is 5.60. The Kier molecular flexibility index (Phi) is 4.14. The van der Waals surface area contributed by atoms with E-state index in [4.69, 9.17) is 0 Å². The number of hydrogen-bond acceptors (Lipinski definition) is 2. The summed E-state index contributed by atoms with van der Waals surface area (Å²) in [6, 6.07) is 15.5. The Labute approximate surface area is 127 Å². The van der Waals surface area contributed by atoms with Gasteiger partial charge in [-0.1, -0.05) is 29.8 Å². The summed E-state index contributed by atoms with van der Waals surface area (Å²) in [5, 5.41) is 3.55. The van der Waals surface area contributed by atoms with Crippen molar-refractivity contribution >= 4 is 11.4 Å². The summed E-state index contributed by atoms with van der Waals surface area (Å²) in [6.07, 6.45) is 2.65. The average Bonchev–Trinajstić information content (AvgIpc) is 3.02. The molecule has 1 saturated heterocycles. The molecule has 1 heterocycles. The average molecular weight is 280 g/mol. The van der Waals surface area contributed by atoms with Crippen LogP contribution in [0.15, 0.2) is 42.5 Å². The van der Waals surface area contributed by atoms with Crippen LogP contribution < -0.4 is 10.2 Å². The van der Waals surface area contributed by atoms with Gasteiger partial charge in [0.25, 0.3) is 0 Å². The van der Waals surface area contributed by atoms with E-state index in [-0.39, 0.29) is 0 Å². The minimum absolute atomic E-state index is 0.879. The monoisotopic (exact) mass is 280 g/mol. The van der Waals surface area contributed by atoms with Crippen molar-refractivity contribution in [1.29, 1.82) is 0 Å². The van der Waals surface area contributed by atoms with E-state index < -0.39 is 0 Å². The van der Waals surface area contributed by atoms with Crippen LogP contribution in [0.1, 0.15) is 29.5 Å². The van der Waals surface area contributed by atoms with Gasteiger partial charge in [0.05, 0.1) is 0 Å². The highest BCUT2D eigenvalue weighted by Crippen LogP contribution is 2.25. The number of nitrogens with one attached hydrogen (secondary N) is 1. The molecule has 0 bridgehead atoms. The van der Waals surface area contributed by atoms with Crippen molar-refractivity contribution < 1.29 is 0 Å². The van der Waals surface area contributed by atoms with Gasteiger partial charge in [0.2, 0.25) is 0 Å². The van der Waals surface area contributed by atoms with Crippen molar-refractivity contribution in [2.75, 3.05) is 23.3 Å². The first-order chi connectivity index (χ1) is 10.2. The lowest BCUT2D eigenvalue weighted by Crippen LogP contribution is -2.17. The largest absolute Gasteiger partial charge is 0.381 e. The highest BCUT2D eigenvalue weighted by Gasteiger charge is 2.12. The van der Waals surface area contributed by atoms with Crippen molar-refractivity contribution in [2.45, 2.75) is 33.2 Å². The zero-order chi connectivity index (χ0) is 14.7. The second-order valence-electron chi connectivity index (χ2n) is 6.03.